The molecule has 0 aliphatic carbocycles. The molecule has 0 amide bonds. The van der Waals surface area contributed by atoms with Crippen LogP contribution in [0.1, 0.15) is 37.4 Å². The van der Waals surface area contributed by atoms with E-state index >= 15 is 0 Å². The van der Waals surface area contributed by atoms with Gasteiger partial charge in [-0.1, -0.05) is 6.92 Å². The maximum absolute atomic E-state index is 4.66. The fraction of sp³-hybridized carbons (Fsp3) is 0.667. The third-order valence-corrected chi connectivity index (χ3v) is 5.50. The fourth-order valence-corrected chi connectivity index (χ4v) is 2.66. The predicted molar refractivity (Wildman–Crippen MR) is 110 cm³/mol. The molecule has 3 nitrogen and oxygen atoms in total. The van der Waals surface area contributed by atoms with Gasteiger partial charge in [0.25, 0.3) is 0 Å². The van der Waals surface area contributed by atoms with E-state index in [1.54, 1.807) is 0 Å². The van der Waals surface area contributed by atoms with Crippen LogP contribution in [0, 0.1) is 0 Å². The molecule has 0 spiro atoms. The zero-order valence-electron chi connectivity index (χ0n) is 13.7. The summed E-state index contributed by atoms with van der Waals surface area (Å²) in [5.74, 6) is 0.904. The number of thioether (sulfide) groups is 1. The fourth-order valence-electron chi connectivity index (χ4n) is 1.56. The molecule has 2 N–H and O–H groups in total. The lowest BCUT2D eigenvalue weighted by molar-refractivity contribution is 0.665. The van der Waals surface area contributed by atoms with E-state index in [-0.39, 0.29) is 28.7 Å². The standard InChI is InChI=1S/C15H27N3S2.HI/c1-6-12-8-9-13(20-12)10-17-14(16-7-2)18-11-15(3,4)19-5;/h8-9H,6-7,10-11H2,1-5H3,(H2,16,17,18);1H. The molecule has 1 rings (SSSR count). The molecule has 1 aromatic heterocycles. The number of nitrogens with one attached hydrogen (secondary N) is 2. The van der Waals surface area contributed by atoms with Crippen LogP contribution in [0.3, 0.4) is 0 Å². The molecule has 0 unspecified atom stereocenters. The number of hydrogen-bond acceptors (Lipinski definition) is 3. The van der Waals surface area contributed by atoms with E-state index in [0.29, 0.717) is 0 Å². The van der Waals surface area contributed by atoms with Crippen molar-refractivity contribution in [3.63, 3.8) is 0 Å². The number of aliphatic imine (C=N–C) groups is 1. The molecule has 6 heteroatoms. The first-order valence-corrected chi connectivity index (χ1v) is 9.19. The molecule has 0 saturated heterocycles. The quantitative estimate of drug-likeness (QED) is 0.380. The number of guanidine groups is 1. The summed E-state index contributed by atoms with van der Waals surface area (Å²) in [4.78, 5) is 7.41. The number of nitrogens with zero attached hydrogens (tertiary/aromatic N) is 1. The molecule has 1 heterocycles. The average molecular weight is 441 g/mol. The summed E-state index contributed by atoms with van der Waals surface area (Å²) in [6, 6.07) is 4.38. The minimum Gasteiger partial charge on any atom is -0.357 e. The molecule has 0 bridgehead atoms. The highest BCUT2D eigenvalue weighted by Crippen LogP contribution is 2.20. The number of aryl methyl sites for hydroxylation is 1. The maximum Gasteiger partial charge on any atom is 0.191 e. The average Bonchev–Trinajstić information content (AvgIpc) is 2.90. The Morgan fingerprint density at radius 3 is 2.43 bits per heavy atom. The second kappa shape index (κ2) is 10.7. The van der Waals surface area contributed by atoms with E-state index in [0.717, 1.165) is 32.0 Å². The Hall–Kier alpha value is 0.0500. The summed E-state index contributed by atoms with van der Waals surface area (Å²) in [6.45, 7) is 11.3. The third kappa shape index (κ3) is 8.30. The third-order valence-electron chi connectivity index (χ3n) is 3.04. The highest BCUT2D eigenvalue weighted by molar-refractivity contribution is 14.0. The van der Waals surface area contributed by atoms with Crippen LogP contribution in [-0.2, 0) is 13.0 Å². The van der Waals surface area contributed by atoms with E-state index in [1.165, 1.54) is 9.75 Å². The molecular formula is C15H28IN3S2. The van der Waals surface area contributed by atoms with Crippen LogP contribution in [-0.4, -0.2) is 30.1 Å². The molecule has 0 aromatic carbocycles. The Morgan fingerprint density at radius 2 is 1.90 bits per heavy atom. The number of hydrogen-bond donors (Lipinski definition) is 2. The van der Waals surface area contributed by atoms with Gasteiger partial charge in [-0.2, -0.15) is 11.8 Å². The molecule has 21 heavy (non-hydrogen) atoms. The summed E-state index contributed by atoms with van der Waals surface area (Å²) < 4.78 is 0.217. The first kappa shape index (κ1) is 21.0. The SMILES string of the molecule is CCNC(=NCc1ccc(CC)s1)NCC(C)(C)SC.I. The highest BCUT2D eigenvalue weighted by atomic mass is 127. The lowest BCUT2D eigenvalue weighted by Gasteiger charge is -2.23. The van der Waals surface area contributed by atoms with Gasteiger partial charge in [0.05, 0.1) is 6.54 Å². The van der Waals surface area contributed by atoms with E-state index in [4.69, 9.17) is 0 Å². The summed E-state index contributed by atoms with van der Waals surface area (Å²) >= 11 is 3.72. The number of thiophene rings is 1. The van der Waals surface area contributed by atoms with Crippen molar-refractivity contribution in [2.24, 2.45) is 4.99 Å². The summed E-state index contributed by atoms with van der Waals surface area (Å²) in [6.07, 6.45) is 3.25. The van der Waals surface area contributed by atoms with Gasteiger partial charge in [0.1, 0.15) is 0 Å². The van der Waals surface area contributed by atoms with Crippen LogP contribution in [0.15, 0.2) is 17.1 Å². The van der Waals surface area contributed by atoms with Crippen LogP contribution >= 0.6 is 47.1 Å². The van der Waals surface area contributed by atoms with Crippen LogP contribution in [0.25, 0.3) is 0 Å². The van der Waals surface area contributed by atoms with Gasteiger partial charge in [-0.3, -0.25) is 0 Å². The lowest BCUT2D eigenvalue weighted by atomic mass is 10.2. The van der Waals surface area contributed by atoms with Crippen molar-refractivity contribution in [3.8, 4) is 0 Å². The van der Waals surface area contributed by atoms with Gasteiger partial charge in [0.15, 0.2) is 5.96 Å². The van der Waals surface area contributed by atoms with Crippen LogP contribution in [0.4, 0.5) is 0 Å². The molecule has 1 aromatic rings. The minimum absolute atomic E-state index is 0. The monoisotopic (exact) mass is 441 g/mol. The second-order valence-electron chi connectivity index (χ2n) is 5.23. The van der Waals surface area contributed by atoms with Crippen molar-refractivity contribution < 1.29 is 0 Å². The summed E-state index contributed by atoms with van der Waals surface area (Å²) in [5.41, 5.74) is 0. The molecule has 0 fully saturated rings. The zero-order valence-corrected chi connectivity index (χ0v) is 17.6. The van der Waals surface area contributed by atoms with Gasteiger partial charge in [0, 0.05) is 27.6 Å². The van der Waals surface area contributed by atoms with E-state index in [9.17, 15) is 0 Å². The summed E-state index contributed by atoms with van der Waals surface area (Å²) in [5, 5.41) is 6.73. The Labute approximate surface area is 154 Å². The second-order valence-corrected chi connectivity index (χ2v) is 8.00. The lowest BCUT2D eigenvalue weighted by Crippen LogP contribution is -2.43. The molecule has 0 aliphatic heterocycles. The van der Waals surface area contributed by atoms with Gasteiger partial charge in [-0.05, 0) is 45.6 Å². The largest absolute Gasteiger partial charge is 0.357 e. The van der Waals surface area contributed by atoms with Crippen molar-refractivity contribution in [2.75, 3.05) is 19.3 Å². The van der Waals surface area contributed by atoms with Crippen LogP contribution in [0.5, 0.6) is 0 Å². The van der Waals surface area contributed by atoms with E-state index in [2.05, 4.69) is 61.7 Å². The Kier molecular flexibility index (Phi) is 10.7. The van der Waals surface area contributed by atoms with Gasteiger partial charge in [-0.15, -0.1) is 35.3 Å². The Morgan fingerprint density at radius 1 is 1.24 bits per heavy atom. The molecule has 0 radical (unpaired) electrons. The molecule has 0 aliphatic rings. The van der Waals surface area contributed by atoms with Crippen LogP contribution < -0.4 is 10.6 Å². The van der Waals surface area contributed by atoms with Gasteiger partial charge >= 0.3 is 0 Å². The molecular weight excluding hydrogens is 413 g/mol. The van der Waals surface area contributed by atoms with Crippen molar-refractivity contribution in [1.29, 1.82) is 0 Å². The van der Waals surface area contributed by atoms with Gasteiger partial charge in [0.2, 0.25) is 0 Å². The first-order chi connectivity index (χ1) is 9.50. The smallest absolute Gasteiger partial charge is 0.191 e. The number of halogens is 1. The Balaban J connectivity index is 0.00000400. The zero-order chi connectivity index (χ0) is 15.0. The topological polar surface area (TPSA) is 36.4 Å². The summed E-state index contributed by atoms with van der Waals surface area (Å²) in [7, 11) is 0. The van der Waals surface area contributed by atoms with Crippen molar-refractivity contribution in [1.82, 2.24) is 10.6 Å². The Bertz CT molecular complexity index is 430. The minimum atomic E-state index is 0. The van der Waals surface area contributed by atoms with Crippen molar-refractivity contribution >= 4 is 53.0 Å². The molecule has 0 saturated carbocycles. The van der Waals surface area contributed by atoms with E-state index in [1.807, 2.05) is 23.1 Å². The van der Waals surface area contributed by atoms with Gasteiger partial charge in [-0.25, -0.2) is 4.99 Å². The molecule has 0 atom stereocenters. The highest BCUT2D eigenvalue weighted by Gasteiger charge is 2.16. The van der Waals surface area contributed by atoms with Crippen molar-refractivity contribution in [2.45, 2.75) is 45.4 Å². The predicted octanol–water partition coefficient (Wildman–Crippen LogP) is 4.13. The van der Waals surface area contributed by atoms with Crippen LogP contribution in [0.2, 0.25) is 0 Å². The normalized spacial score (nSPS) is 12.0. The van der Waals surface area contributed by atoms with E-state index < -0.39 is 0 Å². The van der Waals surface area contributed by atoms with Gasteiger partial charge < -0.3 is 10.6 Å². The maximum atomic E-state index is 4.66. The van der Waals surface area contributed by atoms with Crippen molar-refractivity contribution in [3.05, 3.63) is 21.9 Å². The molecule has 122 valence electrons. The number of rotatable bonds is 7. The first-order valence-electron chi connectivity index (χ1n) is 7.15.